The second-order valence-electron chi connectivity index (χ2n) is 8.07. The number of para-hydroxylation sites is 1. The number of carbonyl (C=O) groups is 2. The van der Waals surface area contributed by atoms with Gasteiger partial charge in [-0.15, -0.1) is 0 Å². The van der Waals surface area contributed by atoms with Crippen LogP contribution >= 0.6 is 0 Å². The van der Waals surface area contributed by atoms with Crippen molar-refractivity contribution < 1.29 is 14.5 Å². The van der Waals surface area contributed by atoms with E-state index in [1.165, 1.54) is 0 Å². The van der Waals surface area contributed by atoms with Gasteiger partial charge in [0, 0.05) is 5.69 Å². The predicted molar refractivity (Wildman–Crippen MR) is 126 cm³/mol. The maximum Gasteiger partial charge on any atom is 0.279 e. The molecule has 0 saturated heterocycles. The first-order valence-corrected chi connectivity index (χ1v) is 10.9. The number of quaternary nitrogens is 1. The van der Waals surface area contributed by atoms with E-state index < -0.39 is 0 Å². The van der Waals surface area contributed by atoms with E-state index in [1.54, 1.807) is 0 Å². The van der Waals surface area contributed by atoms with Crippen LogP contribution in [0.4, 0.5) is 5.69 Å². The van der Waals surface area contributed by atoms with Gasteiger partial charge in [0.2, 0.25) is 0 Å². The van der Waals surface area contributed by atoms with Crippen molar-refractivity contribution in [3.63, 3.8) is 0 Å². The Hall–Kier alpha value is -3.18. The fourth-order valence-electron chi connectivity index (χ4n) is 3.95. The number of hydrogen-bond acceptors (Lipinski definition) is 2. The third-order valence-electron chi connectivity index (χ3n) is 5.51. The minimum Gasteiger partial charge on any atom is -0.345 e. The zero-order chi connectivity index (χ0) is 22.2. The third kappa shape index (κ3) is 6.15. The number of benzene rings is 3. The number of rotatable bonds is 9. The lowest BCUT2D eigenvalue weighted by Crippen LogP contribution is -3.14. The second-order valence-corrected chi connectivity index (χ2v) is 8.07. The Labute approximate surface area is 184 Å². The number of carbonyl (C=O) groups excluding carboxylic acids is 2. The van der Waals surface area contributed by atoms with Crippen LogP contribution in [0.3, 0.4) is 0 Å². The molecule has 0 spiro atoms. The Morgan fingerprint density at radius 1 is 0.903 bits per heavy atom. The summed E-state index contributed by atoms with van der Waals surface area (Å²) in [5.74, 6) is -0.125. The molecule has 3 N–H and O–H groups in total. The zero-order valence-electron chi connectivity index (χ0n) is 18.6. The van der Waals surface area contributed by atoms with Crippen LogP contribution < -0.4 is 15.5 Å². The monoisotopic (exact) mass is 418 g/mol. The highest BCUT2D eigenvalue weighted by Crippen LogP contribution is 2.23. The predicted octanol–water partition coefficient (Wildman–Crippen LogP) is 3.26. The molecule has 0 aliphatic heterocycles. The molecule has 5 heteroatoms. The highest BCUT2D eigenvalue weighted by Gasteiger charge is 2.20. The molecule has 3 rings (SSSR count). The average Bonchev–Trinajstić information content (AvgIpc) is 2.75. The molecule has 1 unspecified atom stereocenters. The van der Waals surface area contributed by atoms with Gasteiger partial charge in [-0.1, -0.05) is 67.6 Å². The molecule has 2 amide bonds. The maximum atomic E-state index is 12.8. The highest BCUT2D eigenvalue weighted by atomic mass is 16.2. The van der Waals surface area contributed by atoms with Crippen LogP contribution in [0.1, 0.15) is 37.4 Å². The molecule has 2 atom stereocenters. The standard InChI is InChI=1S/C26H31N3O2/c1-4-16-29(18-26(31)28-24-15-8-5-10-19(24)2)17-25(30)27-20(3)22-14-9-12-21-11-6-7-13-23(21)22/h5-15,20H,4,16-18H2,1-3H3,(H,27,30)(H,28,31)/p+1/t20-/m1/s1. The van der Waals surface area contributed by atoms with Gasteiger partial charge in [-0.3, -0.25) is 9.59 Å². The van der Waals surface area contributed by atoms with E-state index in [1.807, 2.05) is 56.3 Å². The number of anilines is 1. The van der Waals surface area contributed by atoms with E-state index in [-0.39, 0.29) is 30.9 Å². The lowest BCUT2D eigenvalue weighted by atomic mass is 10.00. The summed E-state index contributed by atoms with van der Waals surface area (Å²) >= 11 is 0. The number of amides is 2. The Bertz CT molecular complexity index is 1040. The summed E-state index contributed by atoms with van der Waals surface area (Å²) in [6, 6.07) is 21.9. The van der Waals surface area contributed by atoms with Crippen molar-refractivity contribution in [2.24, 2.45) is 0 Å². The van der Waals surface area contributed by atoms with Crippen LogP contribution in [0.15, 0.2) is 66.7 Å². The first-order valence-electron chi connectivity index (χ1n) is 10.9. The zero-order valence-corrected chi connectivity index (χ0v) is 18.6. The van der Waals surface area contributed by atoms with Gasteiger partial charge in [0.1, 0.15) is 0 Å². The Morgan fingerprint density at radius 3 is 2.35 bits per heavy atom. The van der Waals surface area contributed by atoms with Crippen molar-refractivity contribution >= 4 is 28.3 Å². The van der Waals surface area contributed by atoms with E-state index in [2.05, 4.69) is 41.8 Å². The van der Waals surface area contributed by atoms with E-state index in [0.29, 0.717) is 0 Å². The van der Waals surface area contributed by atoms with Crippen molar-refractivity contribution in [3.05, 3.63) is 77.9 Å². The molecule has 162 valence electrons. The molecule has 0 radical (unpaired) electrons. The van der Waals surface area contributed by atoms with Crippen LogP contribution in [0.25, 0.3) is 10.8 Å². The summed E-state index contributed by atoms with van der Waals surface area (Å²) in [5.41, 5.74) is 2.94. The quantitative estimate of drug-likeness (QED) is 0.500. The number of nitrogens with one attached hydrogen (secondary N) is 3. The van der Waals surface area contributed by atoms with Crippen molar-refractivity contribution in [3.8, 4) is 0 Å². The summed E-state index contributed by atoms with van der Waals surface area (Å²) in [4.78, 5) is 26.3. The molecule has 0 bridgehead atoms. The molecule has 0 saturated carbocycles. The molecule has 0 heterocycles. The maximum absolute atomic E-state index is 12.8. The van der Waals surface area contributed by atoms with Crippen LogP contribution in [0.5, 0.6) is 0 Å². The Balaban J connectivity index is 1.61. The minimum absolute atomic E-state index is 0.0485. The number of fused-ring (bicyclic) bond motifs is 1. The fraction of sp³-hybridized carbons (Fsp3) is 0.308. The van der Waals surface area contributed by atoms with E-state index in [0.717, 1.165) is 45.5 Å². The molecule has 5 nitrogen and oxygen atoms in total. The summed E-state index contributed by atoms with van der Waals surface area (Å²) in [6.45, 7) is 7.33. The van der Waals surface area contributed by atoms with Gasteiger partial charge >= 0.3 is 0 Å². The van der Waals surface area contributed by atoms with Gasteiger partial charge in [-0.2, -0.15) is 0 Å². The highest BCUT2D eigenvalue weighted by molar-refractivity contribution is 5.92. The molecule has 0 aliphatic carbocycles. The number of aryl methyl sites for hydroxylation is 1. The fourth-order valence-corrected chi connectivity index (χ4v) is 3.95. The van der Waals surface area contributed by atoms with Crippen LogP contribution in [-0.4, -0.2) is 31.4 Å². The Morgan fingerprint density at radius 2 is 1.58 bits per heavy atom. The van der Waals surface area contributed by atoms with Crippen molar-refractivity contribution in [1.82, 2.24) is 5.32 Å². The smallest absolute Gasteiger partial charge is 0.279 e. The topological polar surface area (TPSA) is 62.6 Å². The molecule has 31 heavy (non-hydrogen) atoms. The molecular weight excluding hydrogens is 386 g/mol. The minimum atomic E-state index is -0.109. The van der Waals surface area contributed by atoms with Gasteiger partial charge in [0.05, 0.1) is 12.6 Å². The molecule has 0 aromatic heterocycles. The van der Waals surface area contributed by atoms with E-state index >= 15 is 0 Å². The third-order valence-corrected chi connectivity index (χ3v) is 5.51. The average molecular weight is 419 g/mol. The normalized spacial score (nSPS) is 12.9. The summed E-state index contributed by atoms with van der Waals surface area (Å²) in [5, 5.41) is 8.39. The summed E-state index contributed by atoms with van der Waals surface area (Å²) in [6.07, 6.45) is 0.902. The second kappa shape index (κ2) is 10.7. The molecular formula is C26H32N3O2+. The van der Waals surface area contributed by atoms with Crippen LogP contribution in [-0.2, 0) is 9.59 Å². The van der Waals surface area contributed by atoms with Crippen LogP contribution in [0, 0.1) is 6.92 Å². The molecule has 3 aromatic rings. The first kappa shape index (κ1) is 22.5. The Kier molecular flexibility index (Phi) is 7.79. The van der Waals surface area contributed by atoms with Crippen molar-refractivity contribution in [2.45, 2.75) is 33.2 Å². The molecule has 0 aliphatic rings. The van der Waals surface area contributed by atoms with Crippen molar-refractivity contribution in [2.75, 3.05) is 25.0 Å². The van der Waals surface area contributed by atoms with Gasteiger partial charge < -0.3 is 15.5 Å². The van der Waals surface area contributed by atoms with E-state index in [9.17, 15) is 9.59 Å². The van der Waals surface area contributed by atoms with Gasteiger partial charge in [0.15, 0.2) is 13.1 Å². The van der Waals surface area contributed by atoms with Crippen LogP contribution in [0.2, 0.25) is 0 Å². The molecule has 0 fully saturated rings. The summed E-state index contributed by atoms with van der Waals surface area (Å²) < 4.78 is 0. The number of hydrogen-bond donors (Lipinski definition) is 3. The van der Waals surface area contributed by atoms with Gasteiger partial charge in [-0.25, -0.2) is 0 Å². The summed E-state index contributed by atoms with van der Waals surface area (Å²) in [7, 11) is 0. The first-order chi connectivity index (χ1) is 15.0. The van der Waals surface area contributed by atoms with Crippen molar-refractivity contribution in [1.29, 1.82) is 0 Å². The largest absolute Gasteiger partial charge is 0.345 e. The lowest BCUT2D eigenvalue weighted by molar-refractivity contribution is -0.883. The lowest BCUT2D eigenvalue weighted by Gasteiger charge is -2.21. The SMILES string of the molecule is CCC[NH+](CC(=O)Nc1ccccc1C)CC(=O)N[C@H](C)c1cccc2ccccc12. The van der Waals surface area contributed by atoms with Gasteiger partial charge in [0.25, 0.3) is 11.8 Å². The molecule has 3 aromatic carbocycles. The van der Waals surface area contributed by atoms with Gasteiger partial charge in [-0.05, 0) is 48.2 Å². The van der Waals surface area contributed by atoms with E-state index in [4.69, 9.17) is 0 Å².